The van der Waals surface area contributed by atoms with Crippen molar-refractivity contribution in [3.8, 4) is 5.75 Å². The highest BCUT2D eigenvalue weighted by atomic mass is 32.1. The Morgan fingerprint density at radius 3 is 2.50 bits per heavy atom. The first-order chi connectivity index (χ1) is 11.7. The summed E-state index contributed by atoms with van der Waals surface area (Å²) in [7, 11) is 1.66. The molecule has 0 bridgehead atoms. The van der Waals surface area contributed by atoms with Crippen molar-refractivity contribution in [3.05, 3.63) is 64.5 Å². The first-order valence-corrected chi connectivity index (χ1v) is 8.32. The second-order valence-electron chi connectivity index (χ2n) is 5.38. The van der Waals surface area contributed by atoms with Crippen LogP contribution < -0.4 is 15.5 Å². The Morgan fingerprint density at radius 1 is 1.08 bits per heavy atom. The molecule has 0 unspecified atom stereocenters. The molecule has 24 heavy (non-hydrogen) atoms. The lowest BCUT2D eigenvalue weighted by molar-refractivity contribution is 0.0711. The van der Waals surface area contributed by atoms with Gasteiger partial charge in [0, 0.05) is 17.8 Å². The molecule has 6 heteroatoms. The van der Waals surface area contributed by atoms with Gasteiger partial charge in [-0.1, -0.05) is 18.2 Å². The van der Waals surface area contributed by atoms with Crippen molar-refractivity contribution in [1.29, 1.82) is 0 Å². The number of fused-ring (bicyclic) bond motifs is 1. The summed E-state index contributed by atoms with van der Waals surface area (Å²) in [6, 6.07) is 15.9. The van der Waals surface area contributed by atoms with Gasteiger partial charge in [-0.25, -0.2) is 5.48 Å². The van der Waals surface area contributed by atoms with Crippen LogP contribution in [0.4, 0.5) is 0 Å². The Bertz CT molecular complexity index is 843. The van der Waals surface area contributed by atoms with E-state index in [1.807, 2.05) is 36.4 Å². The van der Waals surface area contributed by atoms with Crippen molar-refractivity contribution < 1.29 is 14.7 Å². The lowest BCUT2D eigenvalue weighted by Gasteiger charge is -2.06. The zero-order valence-corrected chi connectivity index (χ0v) is 14.0. The molecule has 124 valence electrons. The number of ether oxygens (including phenoxy) is 1. The SMILES string of the molecule is COc1ccc(CNCc2ccc3sc(C(=O)NO)cc3c2)cc1. The molecule has 0 saturated carbocycles. The van der Waals surface area contributed by atoms with Crippen LogP contribution in [0.15, 0.2) is 48.5 Å². The highest BCUT2D eigenvalue weighted by molar-refractivity contribution is 7.20. The summed E-state index contributed by atoms with van der Waals surface area (Å²) >= 11 is 1.36. The first-order valence-electron chi connectivity index (χ1n) is 7.50. The molecule has 3 aromatic rings. The summed E-state index contributed by atoms with van der Waals surface area (Å²) in [5.74, 6) is 0.375. The molecule has 3 N–H and O–H groups in total. The molecule has 1 heterocycles. The predicted molar refractivity (Wildman–Crippen MR) is 94.6 cm³/mol. The van der Waals surface area contributed by atoms with Crippen LogP contribution in [-0.2, 0) is 13.1 Å². The van der Waals surface area contributed by atoms with Gasteiger partial charge in [0.1, 0.15) is 5.75 Å². The fourth-order valence-corrected chi connectivity index (χ4v) is 3.40. The molecule has 1 aromatic heterocycles. The van der Waals surface area contributed by atoms with Crippen LogP contribution in [0.2, 0.25) is 0 Å². The van der Waals surface area contributed by atoms with E-state index in [9.17, 15) is 4.79 Å². The minimum atomic E-state index is -0.476. The zero-order chi connectivity index (χ0) is 16.9. The number of carbonyl (C=O) groups is 1. The monoisotopic (exact) mass is 342 g/mol. The summed E-state index contributed by atoms with van der Waals surface area (Å²) in [5, 5.41) is 13.1. The fourth-order valence-electron chi connectivity index (χ4n) is 2.46. The molecule has 0 fully saturated rings. The minimum Gasteiger partial charge on any atom is -0.497 e. The average molecular weight is 342 g/mol. The van der Waals surface area contributed by atoms with Gasteiger partial charge in [0.2, 0.25) is 0 Å². The van der Waals surface area contributed by atoms with Crippen LogP contribution >= 0.6 is 11.3 Å². The van der Waals surface area contributed by atoms with E-state index in [0.717, 1.165) is 34.5 Å². The molecule has 3 rings (SSSR count). The van der Waals surface area contributed by atoms with Crippen molar-refractivity contribution in [2.45, 2.75) is 13.1 Å². The maximum Gasteiger partial charge on any atom is 0.284 e. The van der Waals surface area contributed by atoms with E-state index in [1.165, 1.54) is 16.9 Å². The molecule has 0 saturated heterocycles. The molecule has 1 amide bonds. The van der Waals surface area contributed by atoms with Gasteiger partial charge in [0.05, 0.1) is 12.0 Å². The Labute approximate surface area is 143 Å². The number of thiophene rings is 1. The van der Waals surface area contributed by atoms with Crippen LogP contribution in [0.3, 0.4) is 0 Å². The van der Waals surface area contributed by atoms with Crippen molar-refractivity contribution in [2.24, 2.45) is 0 Å². The third-order valence-corrected chi connectivity index (χ3v) is 4.84. The Kier molecular flexibility index (Phi) is 5.10. The number of hydrogen-bond donors (Lipinski definition) is 3. The molecule has 2 aromatic carbocycles. The van der Waals surface area contributed by atoms with Crippen LogP contribution in [0.25, 0.3) is 10.1 Å². The first kappa shape index (κ1) is 16.4. The van der Waals surface area contributed by atoms with Gasteiger partial charge in [-0.05, 0) is 46.8 Å². The van der Waals surface area contributed by atoms with Crippen molar-refractivity contribution in [3.63, 3.8) is 0 Å². The summed E-state index contributed by atoms with van der Waals surface area (Å²) < 4.78 is 6.17. The number of nitrogens with one attached hydrogen (secondary N) is 2. The van der Waals surface area contributed by atoms with E-state index < -0.39 is 5.91 Å². The Morgan fingerprint density at radius 2 is 1.79 bits per heavy atom. The molecule has 0 aliphatic carbocycles. The highest BCUT2D eigenvalue weighted by Gasteiger charge is 2.09. The minimum absolute atomic E-state index is 0.476. The van der Waals surface area contributed by atoms with Gasteiger partial charge in [-0.2, -0.15) is 0 Å². The quantitative estimate of drug-likeness (QED) is 0.475. The third-order valence-electron chi connectivity index (χ3n) is 3.72. The zero-order valence-electron chi connectivity index (χ0n) is 13.2. The van der Waals surface area contributed by atoms with Crippen LogP contribution in [0, 0.1) is 0 Å². The summed E-state index contributed by atoms with van der Waals surface area (Å²) in [5.41, 5.74) is 4.00. The maximum absolute atomic E-state index is 11.5. The Hall–Kier alpha value is -2.41. The lowest BCUT2D eigenvalue weighted by atomic mass is 10.1. The number of methoxy groups -OCH3 is 1. The maximum atomic E-state index is 11.5. The number of hydroxylamine groups is 1. The summed E-state index contributed by atoms with van der Waals surface area (Å²) in [6.07, 6.45) is 0. The summed E-state index contributed by atoms with van der Waals surface area (Å²) in [4.78, 5) is 12.0. The topological polar surface area (TPSA) is 70.6 Å². The smallest absolute Gasteiger partial charge is 0.284 e. The molecule has 0 aliphatic rings. The van der Waals surface area contributed by atoms with Crippen molar-refractivity contribution in [1.82, 2.24) is 10.8 Å². The molecular weight excluding hydrogens is 324 g/mol. The second-order valence-corrected chi connectivity index (χ2v) is 6.46. The van der Waals surface area contributed by atoms with Gasteiger partial charge in [-0.3, -0.25) is 10.0 Å². The highest BCUT2D eigenvalue weighted by Crippen LogP contribution is 2.26. The predicted octanol–water partition coefficient (Wildman–Crippen LogP) is 3.32. The number of rotatable bonds is 6. The van der Waals surface area contributed by atoms with Gasteiger partial charge in [0.15, 0.2) is 0 Å². The molecule has 0 spiro atoms. The molecule has 0 aliphatic heterocycles. The largest absolute Gasteiger partial charge is 0.497 e. The van der Waals surface area contributed by atoms with Gasteiger partial charge < -0.3 is 10.1 Å². The van der Waals surface area contributed by atoms with Gasteiger partial charge >= 0.3 is 0 Å². The number of benzene rings is 2. The number of hydrogen-bond acceptors (Lipinski definition) is 5. The van der Waals surface area contributed by atoms with Crippen LogP contribution in [-0.4, -0.2) is 18.2 Å². The molecule has 0 radical (unpaired) electrons. The van der Waals surface area contributed by atoms with E-state index >= 15 is 0 Å². The standard InChI is InChI=1S/C18H18N2O3S/c1-23-15-5-2-12(3-6-15)10-19-11-13-4-7-16-14(8-13)9-17(24-16)18(21)20-22/h2-9,19,22H,10-11H2,1H3,(H,20,21). The molecular formula is C18H18N2O3S. The third kappa shape index (κ3) is 3.73. The number of amides is 1. The van der Waals surface area contributed by atoms with Gasteiger partial charge in [-0.15, -0.1) is 11.3 Å². The van der Waals surface area contributed by atoms with Crippen LogP contribution in [0.1, 0.15) is 20.8 Å². The lowest BCUT2D eigenvalue weighted by Crippen LogP contribution is -2.16. The summed E-state index contributed by atoms with van der Waals surface area (Å²) in [6.45, 7) is 1.50. The molecule has 5 nitrogen and oxygen atoms in total. The number of carbonyl (C=O) groups excluding carboxylic acids is 1. The Balaban J connectivity index is 1.63. The van der Waals surface area contributed by atoms with E-state index in [1.54, 1.807) is 18.7 Å². The van der Waals surface area contributed by atoms with E-state index in [4.69, 9.17) is 9.94 Å². The van der Waals surface area contributed by atoms with Crippen molar-refractivity contribution >= 4 is 27.3 Å². The molecule has 0 atom stereocenters. The van der Waals surface area contributed by atoms with E-state index in [-0.39, 0.29) is 0 Å². The second kappa shape index (κ2) is 7.44. The van der Waals surface area contributed by atoms with Gasteiger partial charge in [0.25, 0.3) is 5.91 Å². The fraction of sp³-hybridized carbons (Fsp3) is 0.167. The van der Waals surface area contributed by atoms with Crippen molar-refractivity contribution in [2.75, 3.05) is 7.11 Å². The van der Waals surface area contributed by atoms with E-state index in [0.29, 0.717) is 4.88 Å². The average Bonchev–Trinajstić information content (AvgIpc) is 3.05. The van der Waals surface area contributed by atoms with E-state index in [2.05, 4.69) is 11.4 Å². The van der Waals surface area contributed by atoms with Crippen LogP contribution in [0.5, 0.6) is 5.75 Å². The normalized spacial score (nSPS) is 10.8.